The molecule has 2 N–H and O–H groups in total. The Morgan fingerprint density at radius 2 is 1.58 bits per heavy atom. The van der Waals surface area contributed by atoms with Crippen LogP contribution >= 0.6 is 0 Å². The summed E-state index contributed by atoms with van der Waals surface area (Å²) in [5.74, 6) is 0.00800. The van der Waals surface area contributed by atoms with E-state index in [0.717, 1.165) is 17.0 Å². The smallest absolute Gasteiger partial charge is 0.228 e. The number of amides is 2. The first-order valence-corrected chi connectivity index (χ1v) is 8.87. The number of carbonyl (C=O) groups is 2. The van der Waals surface area contributed by atoms with Crippen molar-refractivity contribution in [2.75, 3.05) is 10.6 Å². The highest BCUT2D eigenvalue weighted by molar-refractivity contribution is 6.03. The fourth-order valence-corrected chi connectivity index (χ4v) is 2.86. The van der Waals surface area contributed by atoms with Crippen LogP contribution in [0.5, 0.6) is 5.75 Å². The second-order valence-corrected chi connectivity index (χ2v) is 6.99. The maximum Gasteiger partial charge on any atom is 0.228 e. The molecule has 0 radical (unpaired) electrons. The van der Waals surface area contributed by atoms with E-state index in [0.29, 0.717) is 12.1 Å². The fourth-order valence-electron chi connectivity index (χ4n) is 2.86. The van der Waals surface area contributed by atoms with Gasteiger partial charge in [-0.05, 0) is 69.2 Å². The average molecular weight is 352 g/mol. The van der Waals surface area contributed by atoms with Crippen molar-refractivity contribution in [3.05, 3.63) is 54.1 Å². The lowest BCUT2D eigenvalue weighted by Gasteiger charge is -2.10. The minimum atomic E-state index is -0.272. The standard InChI is InChI=1S/C21H24N2O3/c1-13(2)26-17-9-7-15(8-10-17)22-20(24)18-12-19(18)21(25)23-16-6-4-5-14(3)11-16/h4-11,13,18-19H,12H2,1-3H3,(H,22,24)(H,23,25). The Bertz CT molecular complexity index is 799. The third-order valence-corrected chi connectivity index (χ3v) is 4.24. The van der Waals surface area contributed by atoms with Crippen LogP contribution in [0.25, 0.3) is 0 Å². The van der Waals surface area contributed by atoms with Gasteiger partial charge in [0.05, 0.1) is 17.9 Å². The zero-order valence-electron chi connectivity index (χ0n) is 15.3. The summed E-state index contributed by atoms with van der Waals surface area (Å²) in [6.45, 7) is 5.90. The summed E-state index contributed by atoms with van der Waals surface area (Å²) in [6.07, 6.45) is 0.687. The van der Waals surface area contributed by atoms with E-state index in [2.05, 4.69) is 10.6 Å². The van der Waals surface area contributed by atoms with Gasteiger partial charge in [0, 0.05) is 11.4 Å². The van der Waals surface area contributed by atoms with Gasteiger partial charge in [-0.1, -0.05) is 12.1 Å². The molecule has 3 rings (SSSR count). The summed E-state index contributed by atoms with van der Waals surface area (Å²) in [7, 11) is 0. The first-order chi connectivity index (χ1) is 12.4. The van der Waals surface area contributed by atoms with E-state index >= 15 is 0 Å². The van der Waals surface area contributed by atoms with Crippen molar-refractivity contribution in [3.63, 3.8) is 0 Å². The number of carbonyl (C=O) groups excluding carboxylic acids is 2. The van der Waals surface area contributed by atoms with Crippen LogP contribution in [0.15, 0.2) is 48.5 Å². The molecule has 2 aromatic carbocycles. The van der Waals surface area contributed by atoms with Crippen LogP contribution in [0.2, 0.25) is 0 Å². The molecule has 2 unspecified atom stereocenters. The molecule has 5 heteroatoms. The van der Waals surface area contributed by atoms with Gasteiger partial charge in [0.1, 0.15) is 5.75 Å². The van der Waals surface area contributed by atoms with Gasteiger partial charge in [0.15, 0.2) is 0 Å². The van der Waals surface area contributed by atoms with Crippen LogP contribution in [0.3, 0.4) is 0 Å². The largest absolute Gasteiger partial charge is 0.491 e. The highest BCUT2D eigenvalue weighted by Crippen LogP contribution is 2.40. The van der Waals surface area contributed by atoms with Gasteiger partial charge in [-0.2, -0.15) is 0 Å². The third-order valence-electron chi connectivity index (χ3n) is 4.24. The molecule has 1 fully saturated rings. The Morgan fingerprint density at radius 1 is 0.962 bits per heavy atom. The van der Waals surface area contributed by atoms with Crippen molar-refractivity contribution in [1.29, 1.82) is 0 Å². The minimum absolute atomic E-state index is 0.101. The second-order valence-electron chi connectivity index (χ2n) is 6.99. The Labute approximate surface area is 153 Å². The lowest BCUT2D eigenvalue weighted by Crippen LogP contribution is -2.20. The van der Waals surface area contributed by atoms with Crippen molar-refractivity contribution < 1.29 is 14.3 Å². The van der Waals surface area contributed by atoms with Crippen LogP contribution < -0.4 is 15.4 Å². The predicted molar refractivity (Wildman–Crippen MR) is 102 cm³/mol. The van der Waals surface area contributed by atoms with Crippen LogP contribution in [-0.2, 0) is 9.59 Å². The summed E-state index contributed by atoms with van der Waals surface area (Å²) >= 11 is 0. The Hall–Kier alpha value is -2.82. The first-order valence-electron chi connectivity index (χ1n) is 8.87. The number of ether oxygens (including phenoxy) is 1. The van der Waals surface area contributed by atoms with E-state index in [-0.39, 0.29) is 29.8 Å². The van der Waals surface area contributed by atoms with Gasteiger partial charge in [-0.15, -0.1) is 0 Å². The Balaban J connectivity index is 1.51. The van der Waals surface area contributed by atoms with E-state index in [1.165, 1.54) is 0 Å². The molecule has 5 nitrogen and oxygen atoms in total. The molecule has 0 aliphatic heterocycles. The van der Waals surface area contributed by atoms with Gasteiger partial charge >= 0.3 is 0 Å². The summed E-state index contributed by atoms with van der Waals surface area (Å²) < 4.78 is 5.58. The number of hydrogen-bond acceptors (Lipinski definition) is 3. The van der Waals surface area contributed by atoms with Crippen molar-refractivity contribution in [3.8, 4) is 5.75 Å². The lowest BCUT2D eigenvalue weighted by atomic mass is 10.2. The minimum Gasteiger partial charge on any atom is -0.491 e. The normalized spacial score (nSPS) is 18.3. The van der Waals surface area contributed by atoms with Crippen LogP contribution in [0, 0.1) is 18.8 Å². The molecule has 0 spiro atoms. The summed E-state index contributed by atoms with van der Waals surface area (Å²) in [4.78, 5) is 24.6. The van der Waals surface area contributed by atoms with E-state index in [9.17, 15) is 9.59 Å². The topological polar surface area (TPSA) is 67.4 Å². The molecule has 2 atom stereocenters. The SMILES string of the molecule is Cc1cccc(NC(=O)C2CC2C(=O)Nc2ccc(OC(C)C)cc2)c1. The molecular weight excluding hydrogens is 328 g/mol. The quantitative estimate of drug-likeness (QED) is 0.826. The molecule has 1 saturated carbocycles. The second kappa shape index (κ2) is 7.60. The molecule has 1 aliphatic carbocycles. The number of anilines is 2. The average Bonchev–Trinajstić information content (AvgIpc) is 3.37. The number of aryl methyl sites for hydroxylation is 1. The molecule has 0 heterocycles. The van der Waals surface area contributed by atoms with Crippen molar-refractivity contribution in [1.82, 2.24) is 0 Å². The summed E-state index contributed by atoms with van der Waals surface area (Å²) in [5, 5.41) is 5.75. The fraction of sp³-hybridized carbons (Fsp3) is 0.333. The molecule has 0 aromatic heterocycles. The van der Waals surface area contributed by atoms with Gasteiger partial charge < -0.3 is 15.4 Å². The molecule has 26 heavy (non-hydrogen) atoms. The van der Waals surface area contributed by atoms with Gasteiger partial charge in [-0.25, -0.2) is 0 Å². The highest BCUT2D eigenvalue weighted by atomic mass is 16.5. The van der Waals surface area contributed by atoms with E-state index in [1.54, 1.807) is 12.1 Å². The van der Waals surface area contributed by atoms with Crippen molar-refractivity contribution >= 4 is 23.2 Å². The molecule has 1 aliphatic rings. The van der Waals surface area contributed by atoms with Crippen LogP contribution in [0.4, 0.5) is 11.4 Å². The zero-order valence-corrected chi connectivity index (χ0v) is 15.3. The summed E-state index contributed by atoms with van der Waals surface area (Å²) in [5.41, 5.74) is 2.55. The van der Waals surface area contributed by atoms with Gasteiger partial charge in [0.2, 0.25) is 11.8 Å². The zero-order chi connectivity index (χ0) is 18.7. The molecular formula is C21H24N2O3. The van der Waals surface area contributed by atoms with E-state index in [1.807, 2.05) is 57.2 Å². The number of hydrogen-bond donors (Lipinski definition) is 2. The predicted octanol–water partition coefficient (Wildman–Crippen LogP) is 4.00. The Morgan fingerprint density at radius 3 is 2.15 bits per heavy atom. The maximum absolute atomic E-state index is 12.3. The molecule has 2 amide bonds. The van der Waals surface area contributed by atoms with Gasteiger partial charge in [-0.3, -0.25) is 9.59 Å². The summed E-state index contributed by atoms with van der Waals surface area (Å²) in [6, 6.07) is 14.9. The Kier molecular flexibility index (Phi) is 5.26. The molecule has 0 bridgehead atoms. The van der Waals surface area contributed by atoms with E-state index in [4.69, 9.17) is 4.74 Å². The first kappa shape index (κ1) is 18.0. The highest BCUT2D eigenvalue weighted by Gasteiger charge is 2.48. The van der Waals surface area contributed by atoms with Gasteiger partial charge in [0.25, 0.3) is 0 Å². The number of benzene rings is 2. The lowest BCUT2D eigenvalue weighted by molar-refractivity contribution is -0.122. The number of rotatable bonds is 6. The number of nitrogens with one attached hydrogen (secondary N) is 2. The van der Waals surface area contributed by atoms with Crippen LogP contribution in [-0.4, -0.2) is 17.9 Å². The third kappa shape index (κ3) is 4.63. The van der Waals surface area contributed by atoms with Crippen LogP contribution in [0.1, 0.15) is 25.8 Å². The van der Waals surface area contributed by atoms with Crippen molar-refractivity contribution in [2.24, 2.45) is 11.8 Å². The van der Waals surface area contributed by atoms with E-state index < -0.39 is 0 Å². The maximum atomic E-state index is 12.3. The molecule has 136 valence electrons. The van der Waals surface area contributed by atoms with Crippen molar-refractivity contribution in [2.45, 2.75) is 33.3 Å². The monoisotopic (exact) mass is 352 g/mol. The molecule has 0 saturated heterocycles. The molecule has 2 aromatic rings.